The van der Waals surface area contributed by atoms with Gasteiger partial charge in [-0.25, -0.2) is 4.79 Å². The number of nitrogens with one attached hydrogen (secondary N) is 5. The minimum Gasteiger partial charge on any atom is -0.475 e. The molecule has 69 heavy (non-hydrogen) atoms. The van der Waals surface area contributed by atoms with Crippen LogP contribution in [0.25, 0.3) is 0 Å². The number of ketones is 2. The van der Waals surface area contributed by atoms with Crippen molar-refractivity contribution in [2.75, 3.05) is 68.1 Å². The second-order valence-electron chi connectivity index (χ2n) is 17.7. The number of carbonyl (C=O) groups is 8. The minimum atomic E-state index is -1.12. The molecule has 0 bridgehead atoms. The molecule has 8 N–H and O–H groups in total. The fraction of sp³-hybridized carbons (Fsp3) is 0.682. The third-order valence-electron chi connectivity index (χ3n) is 10.1. The molecule has 0 saturated carbocycles. The van der Waals surface area contributed by atoms with E-state index in [1.54, 1.807) is 27.7 Å². The van der Waals surface area contributed by atoms with Crippen molar-refractivity contribution in [3.63, 3.8) is 0 Å². The number of carboxylic acids is 1. The number of Topliss-reactive ketones (excluding diaryl/α,β-unsaturated/α-hetero) is 2. The number of amides is 5. The van der Waals surface area contributed by atoms with Gasteiger partial charge in [-0.05, 0) is 52.4 Å². The number of nitrogens with zero attached hydrogens (tertiary/aromatic N) is 2. The summed E-state index contributed by atoms with van der Waals surface area (Å²) in [6, 6.07) is -2.78. The number of methoxy groups -OCH3 is 4. The number of ether oxygens (including phenoxy) is 6. The molecule has 2 fully saturated rings. The van der Waals surface area contributed by atoms with Gasteiger partial charge in [0.2, 0.25) is 29.4 Å². The van der Waals surface area contributed by atoms with E-state index in [1.165, 1.54) is 40.6 Å². The van der Waals surface area contributed by atoms with E-state index in [2.05, 4.69) is 41.4 Å². The molecule has 0 radical (unpaired) electrons. The molecule has 0 aliphatic carbocycles. The topological polar surface area (TPSA) is 357 Å². The smallest absolute Gasteiger partial charge is 0.374 e. The number of aryl methyl sites for hydroxylation is 2. The van der Waals surface area contributed by atoms with Gasteiger partial charge in [0.15, 0.2) is 17.3 Å². The van der Waals surface area contributed by atoms with Crippen molar-refractivity contribution in [1.82, 2.24) is 36.9 Å². The Bertz CT molecular complexity index is 2030. The second-order valence-corrected chi connectivity index (χ2v) is 17.7. The molecular weight excluding hydrogens is 913 g/mol. The Balaban J connectivity index is 0.000000409. The monoisotopic (exact) mass is 982 g/mol. The summed E-state index contributed by atoms with van der Waals surface area (Å²) in [5, 5.41) is 28.3. The third kappa shape index (κ3) is 20.0. The highest BCUT2D eigenvalue weighted by molar-refractivity contribution is 6.00. The van der Waals surface area contributed by atoms with Crippen molar-refractivity contribution in [1.29, 1.82) is 0 Å². The highest BCUT2D eigenvalue weighted by atomic mass is 16.6. The third-order valence-corrected chi connectivity index (χ3v) is 10.1. The molecule has 0 unspecified atom stereocenters. The summed E-state index contributed by atoms with van der Waals surface area (Å²) < 4.78 is 39.7. The maximum atomic E-state index is 13.0. The van der Waals surface area contributed by atoms with E-state index < -0.39 is 83.0 Å². The molecule has 25 nitrogen and oxygen atoms in total. The van der Waals surface area contributed by atoms with Crippen molar-refractivity contribution < 1.29 is 80.9 Å². The van der Waals surface area contributed by atoms with Gasteiger partial charge in [0, 0.05) is 40.6 Å². The fourth-order valence-corrected chi connectivity index (χ4v) is 6.21. The molecule has 2 aromatic rings. The quantitative estimate of drug-likeness (QED) is 0.0550. The summed E-state index contributed by atoms with van der Waals surface area (Å²) in [4.78, 5) is 98.5. The first-order valence-electron chi connectivity index (χ1n) is 22.0. The number of carbonyl (C=O) groups excluding carboxylic acids is 7. The first-order valence-corrected chi connectivity index (χ1v) is 22.0. The normalized spacial score (nSPS) is 19.4. The molecule has 0 aromatic carbocycles. The van der Waals surface area contributed by atoms with Crippen LogP contribution in [-0.4, -0.2) is 178 Å². The molecule has 2 aromatic heterocycles. The van der Waals surface area contributed by atoms with Gasteiger partial charge in [0.25, 0.3) is 5.91 Å². The predicted molar refractivity (Wildman–Crippen MR) is 242 cm³/mol. The van der Waals surface area contributed by atoms with Crippen LogP contribution in [-0.2, 0) is 57.2 Å². The van der Waals surface area contributed by atoms with Crippen molar-refractivity contribution >= 4 is 47.1 Å². The van der Waals surface area contributed by atoms with Crippen LogP contribution in [0.15, 0.2) is 21.2 Å². The Hall–Kier alpha value is -5.70. The lowest BCUT2D eigenvalue weighted by Gasteiger charge is -2.26. The number of hydrogen-bond acceptors (Lipinski definition) is 19. The van der Waals surface area contributed by atoms with Gasteiger partial charge in [-0.3, -0.25) is 33.6 Å². The first kappa shape index (κ1) is 59.4. The lowest BCUT2D eigenvalue weighted by atomic mass is 9.93. The summed E-state index contributed by atoms with van der Waals surface area (Å²) in [7, 11) is 5.59. The number of aromatic nitrogens is 2. The van der Waals surface area contributed by atoms with Crippen molar-refractivity contribution in [2.24, 2.45) is 17.6 Å². The maximum Gasteiger partial charge on any atom is 0.374 e. The Morgan fingerprint density at radius 3 is 1.32 bits per heavy atom. The molecule has 4 rings (SSSR count). The lowest BCUT2D eigenvalue weighted by Crippen LogP contribution is -2.58. The van der Waals surface area contributed by atoms with Crippen LogP contribution in [0, 0.1) is 25.7 Å². The highest BCUT2D eigenvalue weighted by Gasteiger charge is 2.51. The fourth-order valence-electron chi connectivity index (χ4n) is 6.21. The van der Waals surface area contributed by atoms with Gasteiger partial charge < -0.3 is 74.9 Å². The van der Waals surface area contributed by atoms with Crippen LogP contribution < -0.4 is 32.3 Å². The summed E-state index contributed by atoms with van der Waals surface area (Å²) in [5.41, 5.74) is 4.51. The standard InChI is InChI=1S/C22H34N4O8.C17H31N3O6.C5H5NO3/c1-12(2)7-14(18(27)22(4)11-33-22)23-20(29)16(9-31-5)25-21(30)17(10-32-6)24-19(28)15-8-13(3)34-26-15;1-10(2)6-12(14(21)17(3)9-26-17)19-16(23)13(8-25-5)20-15(22)11(18)7-24-4;1-3-2-4(5(7)8)9-6-3/h8,12,14,16-17H,7,9-11H2,1-6H3,(H,23,29)(H,24,28)(H,25,30);10-13H,6-9,18H2,1-5H3,(H,19,23)(H,20,22);2H,1H3,(H,7,8)/t14-,16-,17-,22+;11-,12-,13-,17+;/m00./s1. The van der Waals surface area contributed by atoms with Crippen LogP contribution in [0.2, 0.25) is 0 Å². The lowest BCUT2D eigenvalue weighted by molar-refractivity contribution is -0.134. The molecule has 5 amide bonds. The van der Waals surface area contributed by atoms with E-state index >= 15 is 0 Å². The Morgan fingerprint density at radius 2 is 1.01 bits per heavy atom. The summed E-state index contributed by atoms with van der Waals surface area (Å²) >= 11 is 0. The Morgan fingerprint density at radius 1 is 0.623 bits per heavy atom. The van der Waals surface area contributed by atoms with E-state index in [0.717, 1.165) is 0 Å². The molecule has 25 heteroatoms. The molecule has 2 saturated heterocycles. The van der Waals surface area contributed by atoms with Gasteiger partial charge in [0.05, 0.1) is 57.4 Å². The number of hydrogen-bond donors (Lipinski definition) is 7. The van der Waals surface area contributed by atoms with Gasteiger partial charge >= 0.3 is 5.97 Å². The Labute approximate surface area is 400 Å². The summed E-state index contributed by atoms with van der Waals surface area (Å²) in [6.07, 6.45) is 0.886. The van der Waals surface area contributed by atoms with Crippen LogP contribution in [0.5, 0.6) is 0 Å². The predicted octanol–water partition coefficient (Wildman–Crippen LogP) is -0.591. The van der Waals surface area contributed by atoms with Crippen molar-refractivity contribution in [3.8, 4) is 0 Å². The van der Waals surface area contributed by atoms with E-state index in [4.69, 9.17) is 43.8 Å². The largest absolute Gasteiger partial charge is 0.475 e. The summed E-state index contributed by atoms with van der Waals surface area (Å²) in [5.74, 6) is -3.77. The van der Waals surface area contributed by atoms with Gasteiger partial charge in [0.1, 0.15) is 41.1 Å². The van der Waals surface area contributed by atoms with Crippen molar-refractivity contribution in [3.05, 3.63) is 35.0 Å². The zero-order valence-electron chi connectivity index (χ0n) is 41.4. The van der Waals surface area contributed by atoms with E-state index in [9.17, 15) is 38.4 Å². The average Bonchev–Trinajstić information content (AvgIpc) is 4.11. The van der Waals surface area contributed by atoms with E-state index in [-0.39, 0.29) is 61.3 Å². The zero-order chi connectivity index (χ0) is 52.2. The van der Waals surface area contributed by atoms with Crippen LogP contribution in [0.1, 0.15) is 86.9 Å². The second kappa shape index (κ2) is 28.1. The Kier molecular flexibility index (Phi) is 24.2. The van der Waals surface area contributed by atoms with Gasteiger partial charge in [-0.1, -0.05) is 38.0 Å². The van der Waals surface area contributed by atoms with Crippen LogP contribution in [0.3, 0.4) is 0 Å². The maximum absolute atomic E-state index is 13.0. The van der Waals surface area contributed by atoms with E-state index in [0.29, 0.717) is 37.5 Å². The first-order chi connectivity index (χ1) is 32.3. The number of epoxide rings is 2. The number of nitrogens with two attached hydrogens (primary N) is 1. The molecule has 2 aliphatic heterocycles. The zero-order valence-corrected chi connectivity index (χ0v) is 41.4. The molecule has 0 spiro atoms. The van der Waals surface area contributed by atoms with Crippen LogP contribution >= 0.6 is 0 Å². The summed E-state index contributed by atoms with van der Waals surface area (Å²) in [6.45, 7) is 14.8. The molecule has 8 atom stereocenters. The average molecular weight is 983 g/mol. The molecule has 2 aliphatic rings. The molecule has 388 valence electrons. The number of rotatable bonds is 27. The van der Waals surface area contributed by atoms with Gasteiger partial charge in [-0.2, -0.15) is 0 Å². The number of carboxylic acid groups (broad SMARTS) is 1. The van der Waals surface area contributed by atoms with E-state index in [1.807, 2.05) is 27.7 Å². The SMILES string of the molecule is COC[C@H](NC(=O)[C@@H](N)COC)C(=O)N[C@@H](CC(C)C)C(=O)[C@@]1(C)CO1.COC[C@H](NC(=O)c1cc(C)on1)C(=O)N[C@@H](COC)C(=O)N[C@@H](CC(C)C)C(=O)[C@@]1(C)CO1.Cc1cc(C(=O)O)on1. The number of aromatic carboxylic acids is 1. The van der Waals surface area contributed by atoms with Gasteiger partial charge in [-0.15, -0.1) is 0 Å². The molecular formula is C44H70N8O17. The highest BCUT2D eigenvalue weighted by Crippen LogP contribution is 2.30. The van der Waals surface area contributed by atoms with Crippen molar-refractivity contribution in [2.45, 2.75) is 116 Å². The van der Waals surface area contributed by atoms with Crippen LogP contribution in [0.4, 0.5) is 0 Å². The molecule has 4 heterocycles. The minimum absolute atomic E-state index is 0.00316.